The minimum Gasteiger partial charge on any atom is -0.511 e. The number of aliphatic hydroxyl groups excluding tert-OH is 1. The molecule has 1 nitrogen and oxygen atoms in total. The zero-order valence-electron chi connectivity index (χ0n) is 6.72. The van der Waals surface area contributed by atoms with Gasteiger partial charge >= 0.3 is 0 Å². The predicted octanol–water partition coefficient (Wildman–Crippen LogP) is 2.56. The zero-order chi connectivity index (χ0) is 8.10. The number of hydrogen-bond acceptors (Lipinski definition) is 1. The molecule has 0 heterocycles. The van der Waals surface area contributed by atoms with Gasteiger partial charge in [-0.2, -0.15) is 0 Å². The molecule has 0 bridgehead atoms. The van der Waals surface area contributed by atoms with E-state index in [-0.39, 0.29) is 0 Å². The van der Waals surface area contributed by atoms with Gasteiger partial charge in [0.1, 0.15) is 5.76 Å². The van der Waals surface area contributed by atoms with Crippen LogP contribution in [0.5, 0.6) is 0 Å². The predicted molar refractivity (Wildman–Crippen MR) is 46.1 cm³/mol. The smallest absolute Gasteiger partial charge is 0.104 e. The Morgan fingerprint density at radius 2 is 2.36 bits per heavy atom. The molecule has 0 aromatic heterocycles. The van der Waals surface area contributed by atoms with Crippen LogP contribution >= 0.6 is 0 Å². The molecule has 0 saturated heterocycles. The Morgan fingerprint density at radius 1 is 1.55 bits per heavy atom. The van der Waals surface area contributed by atoms with Gasteiger partial charge in [-0.05, 0) is 18.6 Å². The average molecular weight is 148 g/mol. The topological polar surface area (TPSA) is 20.2 Å². The molecule has 0 radical (unpaired) electrons. The SMILES string of the molecule is CCCC1=CC=C(O)CC#C1. The van der Waals surface area contributed by atoms with Crippen molar-refractivity contribution in [2.45, 2.75) is 26.2 Å². The van der Waals surface area contributed by atoms with Gasteiger partial charge in [-0.25, -0.2) is 0 Å². The first-order valence-electron chi connectivity index (χ1n) is 3.90. The Bertz CT molecular complexity index is 248. The first kappa shape index (κ1) is 7.94. The summed E-state index contributed by atoms with van der Waals surface area (Å²) in [6.45, 7) is 2.12. The fourth-order valence-electron chi connectivity index (χ4n) is 0.961. The maximum atomic E-state index is 9.09. The van der Waals surface area contributed by atoms with Crippen molar-refractivity contribution in [1.29, 1.82) is 0 Å². The van der Waals surface area contributed by atoms with E-state index < -0.39 is 0 Å². The second kappa shape index (κ2) is 3.88. The molecule has 1 aliphatic carbocycles. The summed E-state index contributed by atoms with van der Waals surface area (Å²) >= 11 is 0. The Balaban J connectivity index is 2.69. The average Bonchev–Trinajstić information content (AvgIpc) is 2.17. The molecule has 0 spiro atoms. The molecule has 1 heteroatoms. The lowest BCUT2D eigenvalue weighted by atomic mass is 10.1. The first-order valence-corrected chi connectivity index (χ1v) is 3.90. The van der Waals surface area contributed by atoms with Crippen molar-refractivity contribution in [2.75, 3.05) is 0 Å². The summed E-state index contributed by atoms with van der Waals surface area (Å²) in [5.41, 5.74) is 1.12. The summed E-state index contributed by atoms with van der Waals surface area (Å²) in [6, 6.07) is 0. The third-order valence-electron chi connectivity index (χ3n) is 1.51. The highest BCUT2D eigenvalue weighted by Crippen LogP contribution is 2.08. The molecule has 0 saturated carbocycles. The van der Waals surface area contributed by atoms with E-state index in [0.29, 0.717) is 12.2 Å². The third kappa shape index (κ3) is 2.51. The van der Waals surface area contributed by atoms with E-state index in [1.807, 2.05) is 6.08 Å². The van der Waals surface area contributed by atoms with Gasteiger partial charge < -0.3 is 5.11 Å². The van der Waals surface area contributed by atoms with E-state index in [4.69, 9.17) is 5.11 Å². The molecular formula is C10H12O. The molecule has 0 aromatic rings. The van der Waals surface area contributed by atoms with Gasteiger partial charge in [-0.3, -0.25) is 0 Å². The molecule has 11 heavy (non-hydrogen) atoms. The lowest BCUT2D eigenvalue weighted by molar-refractivity contribution is 0.403. The number of allylic oxidation sites excluding steroid dienone is 4. The normalized spacial score (nSPS) is 15.7. The van der Waals surface area contributed by atoms with Crippen molar-refractivity contribution in [1.82, 2.24) is 0 Å². The zero-order valence-corrected chi connectivity index (χ0v) is 6.72. The van der Waals surface area contributed by atoms with Crippen molar-refractivity contribution < 1.29 is 5.11 Å². The van der Waals surface area contributed by atoms with Crippen LogP contribution in [0, 0.1) is 11.8 Å². The van der Waals surface area contributed by atoms with Crippen molar-refractivity contribution >= 4 is 0 Å². The van der Waals surface area contributed by atoms with Crippen LogP contribution in [0.3, 0.4) is 0 Å². The lowest BCUT2D eigenvalue weighted by Crippen LogP contribution is -1.75. The van der Waals surface area contributed by atoms with E-state index in [1.54, 1.807) is 6.08 Å². The highest BCUT2D eigenvalue weighted by atomic mass is 16.3. The van der Waals surface area contributed by atoms with Gasteiger partial charge in [0.15, 0.2) is 0 Å². The fraction of sp³-hybridized carbons (Fsp3) is 0.400. The molecule has 0 fully saturated rings. The van der Waals surface area contributed by atoms with E-state index in [0.717, 1.165) is 18.4 Å². The molecule has 0 amide bonds. The number of aliphatic hydroxyl groups is 1. The summed E-state index contributed by atoms with van der Waals surface area (Å²) in [7, 11) is 0. The minimum absolute atomic E-state index is 0.364. The Hall–Kier alpha value is -1.16. The summed E-state index contributed by atoms with van der Waals surface area (Å²) in [4.78, 5) is 0. The fourth-order valence-corrected chi connectivity index (χ4v) is 0.961. The summed E-state index contributed by atoms with van der Waals surface area (Å²) < 4.78 is 0. The molecule has 0 aliphatic heterocycles. The second-order valence-electron chi connectivity index (χ2n) is 2.58. The minimum atomic E-state index is 0.364. The van der Waals surface area contributed by atoms with Crippen LogP contribution in [0.25, 0.3) is 0 Å². The third-order valence-corrected chi connectivity index (χ3v) is 1.51. The van der Waals surface area contributed by atoms with Crippen LogP contribution in [0.4, 0.5) is 0 Å². The summed E-state index contributed by atoms with van der Waals surface area (Å²) in [5.74, 6) is 6.27. The van der Waals surface area contributed by atoms with Gasteiger partial charge in [0.05, 0.1) is 6.42 Å². The van der Waals surface area contributed by atoms with Crippen molar-refractivity contribution in [2.24, 2.45) is 0 Å². The standard InChI is InChI=1S/C10H12O/c1-2-4-9-5-3-6-10(11)8-7-9/h7-8,11H,2,4,6H2,1H3. The summed E-state index contributed by atoms with van der Waals surface area (Å²) in [5, 5.41) is 9.09. The van der Waals surface area contributed by atoms with Gasteiger partial charge in [0, 0.05) is 5.57 Å². The van der Waals surface area contributed by atoms with E-state index in [9.17, 15) is 0 Å². The van der Waals surface area contributed by atoms with E-state index >= 15 is 0 Å². The quantitative estimate of drug-likeness (QED) is 0.597. The highest BCUT2D eigenvalue weighted by molar-refractivity contribution is 5.36. The first-order chi connectivity index (χ1) is 5.33. The van der Waals surface area contributed by atoms with Crippen LogP contribution in [-0.2, 0) is 0 Å². The van der Waals surface area contributed by atoms with Gasteiger partial charge in [0.25, 0.3) is 0 Å². The molecule has 1 rings (SSSR count). The van der Waals surface area contributed by atoms with Crippen LogP contribution < -0.4 is 0 Å². The maximum Gasteiger partial charge on any atom is 0.104 e. The molecular weight excluding hydrogens is 136 g/mol. The summed E-state index contributed by atoms with van der Waals surface area (Å²) in [6.07, 6.45) is 6.23. The van der Waals surface area contributed by atoms with Gasteiger partial charge in [-0.1, -0.05) is 25.2 Å². The number of rotatable bonds is 2. The van der Waals surface area contributed by atoms with E-state index in [1.165, 1.54) is 0 Å². The molecule has 1 aliphatic rings. The van der Waals surface area contributed by atoms with Crippen molar-refractivity contribution in [3.63, 3.8) is 0 Å². The molecule has 0 atom stereocenters. The van der Waals surface area contributed by atoms with Crippen LogP contribution in [-0.4, -0.2) is 5.11 Å². The Kier molecular flexibility index (Phi) is 2.80. The second-order valence-corrected chi connectivity index (χ2v) is 2.58. The van der Waals surface area contributed by atoms with Crippen molar-refractivity contribution in [3.05, 3.63) is 23.5 Å². The highest BCUT2D eigenvalue weighted by Gasteiger charge is 1.94. The van der Waals surface area contributed by atoms with Gasteiger partial charge in [-0.15, -0.1) is 0 Å². The molecule has 1 N–H and O–H groups in total. The van der Waals surface area contributed by atoms with Crippen LogP contribution in [0.2, 0.25) is 0 Å². The largest absolute Gasteiger partial charge is 0.511 e. The monoisotopic (exact) mass is 148 g/mol. The van der Waals surface area contributed by atoms with E-state index in [2.05, 4.69) is 18.8 Å². The van der Waals surface area contributed by atoms with Crippen LogP contribution in [0.1, 0.15) is 26.2 Å². The van der Waals surface area contributed by atoms with Crippen molar-refractivity contribution in [3.8, 4) is 11.8 Å². The lowest BCUT2D eigenvalue weighted by Gasteiger charge is -1.91. The Morgan fingerprint density at radius 3 is 3.09 bits per heavy atom. The Labute approximate surface area is 67.4 Å². The maximum absolute atomic E-state index is 9.09. The number of hydrogen-bond donors (Lipinski definition) is 1. The van der Waals surface area contributed by atoms with Gasteiger partial charge in [0.2, 0.25) is 0 Å². The molecule has 0 unspecified atom stereocenters. The molecule has 58 valence electrons. The molecule has 0 aromatic carbocycles. The van der Waals surface area contributed by atoms with Crippen LogP contribution in [0.15, 0.2) is 23.5 Å².